The number of nitrogens with zero attached hydrogens (tertiary/aromatic N) is 2. The van der Waals surface area contributed by atoms with E-state index in [4.69, 9.17) is 17.3 Å². The number of hydrogen-bond acceptors (Lipinski definition) is 3. The number of halogens is 2. The van der Waals surface area contributed by atoms with Crippen LogP contribution < -0.4 is 5.73 Å². The quantitative estimate of drug-likeness (QED) is 0.833. The van der Waals surface area contributed by atoms with Gasteiger partial charge in [-0.3, -0.25) is 4.79 Å². The van der Waals surface area contributed by atoms with Gasteiger partial charge in [-0.25, -0.2) is 4.39 Å². The molecular formula is C22H25ClFN3O. The van der Waals surface area contributed by atoms with E-state index in [-0.39, 0.29) is 22.5 Å². The number of nitrogens with two attached hydrogens (primary N) is 1. The first-order valence-electron chi connectivity index (χ1n) is 9.79. The summed E-state index contributed by atoms with van der Waals surface area (Å²) >= 11 is 6.06. The van der Waals surface area contributed by atoms with Crippen LogP contribution in [0.4, 0.5) is 4.39 Å². The van der Waals surface area contributed by atoms with Crippen LogP contribution in [0.2, 0.25) is 5.02 Å². The Morgan fingerprint density at radius 2 is 1.75 bits per heavy atom. The molecule has 3 atom stereocenters. The molecule has 0 bridgehead atoms. The van der Waals surface area contributed by atoms with Crippen LogP contribution in [0, 0.1) is 17.7 Å². The van der Waals surface area contributed by atoms with E-state index in [1.54, 1.807) is 11.0 Å². The summed E-state index contributed by atoms with van der Waals surface area (Å²) < 4.78 is 14.1. The number of rotatable bonds is 5. The molecule has 28 heavy (non-hydrogen) atoms. The zero-order chi connectivity index (χ0) is 19.7. The molecule has 148 valence electrons. The molecule has 4 rings (SSSR count). The van der Waals surface area contributed by atoms with Gasteiger partial charge in [-0.2, -0.15) is 0 Å². The number of benzene rings is 2. The first-order valence-corrected chi connectivity index (χ1v) is 10.2. The van der Waals surface area contributed by atoms with Crippen LogP contribution in [0.25, 0.3) is 0 Å². The molecule has 2 unspecified atom stereocenters. The van der Waals surface area contributed by atoms with Crippen molar-refractivity contribution < 1.29 is 9.18 Å². The van der Waals surface area contributed by atoms with E-state index in [2.05, 4.69) is 17.0 Å². The van der Waals surface area contributed by atoms with Gasteiger partial charge in [0.05, 0.1) is 10.6 Å². The zero-order valence-corrected chi connectivity index (χ0v) is 16.5. The fourth-order valence-electron chi connectivity index (χ4n) is 4.49. The van der Waals surface area contributed by atoms with Gasteiger partial charge in [-0.15, -0.1) is 0 Å². The van der Waals surface area contributed by atoms with Gasteiger partial charge < -0.3 is 15.5 Å². The lowest BCUT2D eigenvalue weighted by atomic mass is 10.0. The predicted octanol–water partition coefficient (Wildman–Crippen LogP) is 3.57. The second kappa shape index (κ2) is 8.19. The van der Waals surface area contributed by atoms with Gasteiger partial charge in [0.25, 0.3) is 5.91 Å². The van der Waals surface area contributed by atoms with Crippen LogP contribution in [0.5, 0.6) is 0 Å². The average Bonchev–Trinajstić information content (AvgIpc) is 3.25. The Morgan fingerprint density at radius 3 is 2.39 bits per heavy atom. The summed E-state index contributed by atoms with van der Waals surface area (Å²) in [5.41, 5.74) is 7.48. The fourth-order valence-corrected chi connectivity index (χ4v) is 4.73. The van der Waals surface area contributed by atoms with Gasteiger partial charge in [-0.1, -0.05) is 48.0 Å². The lowest BCUT2D eigenvalue weighted by Gasteiger charge is -2.23. The number of hydrogen-bond donors (Lipinski definition) is 1. The maximum absolute atomic E-state index is 14.1. The number of carbonyl (C=O) groups excluding carboxylic acids is 1. The fraction of sp³-hybridized carbons (Fsp3) is 0.409. The third-order valence-electron chi connectivity index (χ3n) is 6.01. The molecule has 2 aromatic carbocycles. The highest BCUT2D eigenvalue weighted by molar-refractivity contribution is 6.33. The third kappa shape index (κ3) is 3.93. The van der Waals surface area contributed by atoms with Crippen LogP contribution in [0.1, 0.15) is 28.4 Å². The summed E-state index contributed by atoms with van der Waals surface area (Å²) in [5.74, 6) is 0.0196. The van der Waals surface area contributed by atoms with Crippen molar-refractivity contribution >= 4 is 17.5 Å². The Hall–Kier alpha value is -1.95. The molecule has 6 heteroatoms. The molecule has 2 fully saturated rings. The highest BCUT2D eigenvalue weighted by Gasteiger charge is 2.42. The molecule has 2 N–H and O–H groups in total. The van der Waals surface area contributed by atoms with Gasteiger partial charge in [0.1, 0.15) is 5.82 Å². The van der Waals surface area contributed by atoms with Crippen molar-refractivity contribution in [3.05, 3.63) is 70.5 Å². The minimum Gasteiger partial charge on any atom is -0.338 e. The Kier molecular flexibility index (Phi) is 5.67. The number of fused-ring (bicyclic) bond motifs is 1. The maximum atomic E-state index is 14.1. The summed E-state index contributed by atoms with van der Waals surface area (Å²) in [4.78, 5) is 16.9. The van der Waals surface area contributed by atoms with Gasteiger partial charge in [-0.05, 0) is 42.5 Å². The van der Waals surface area contributed by atoms with E-state index in [1.807, 2.05) is 18.2 Å². The molecule has 0 aromatic heterocycles. The molecule has 2 aliphatic heterocycles. The van der Waals surface area contributed by atoms with Gasteiger partial charge in [0.2, 0.25) is 0 Å². The molecule has 4 nitrogen and oxygen atoms in total. The normalized spacial score (nSPS) is 23.0. The second-order valence-electron chi connectivity index (χ2n) is 7.89. The zero-order valence-electron chi connectivity index (χ0n) is 15.7. The second-order valence-corrected chi connectivity index (χ2v) is 8.30. The molecule has 2 saturated heterocycles. The number of carbonyl (C=O) groups is 1. The van der Waals surface area contributed by atoms with Gasteiger partial charge >= 0.3 is 0 Å². The minimum absolute atomic E-state index is 0.00479. The summed E-state index contributed by atoms with van der Waals surface area (Å²) in [5, 5.41) is 0.179. The summed E-state index contributed by atoms with van der Waals surface area (Å²) in [7, 11) is 0. The van der Waals surface area contributed by atoms with Crippen LogP contribution in [0.3, 0.4) is 0 Å². The molecule has 2 aliphatic rings. The summed E-state index contributed by atoms with van der Waals surface area (Å²) in [6.07, 6.45) is 0.914. The Bertz CT molecular complexity index is 813. The first kappa shape index (κ1) is 19.4. The molecule has 0 aliphatic carbocycles. The SMILES string of the molecule is N[C@@H](CCN1CC2CN(C(=O)c3c(F)cccc3Cl)CC2C1)c1ccccc1. The number of likely N-dealkylation sites (tertiary alicyclic amines) is 2. The standard InChI is InChI=1S/C22H25ClFN3O/c23-18-7-4-8-19(24)21(18)22(28)27-13-16-11-26(12-17(16)14-27)10-9-20(25)15-5-2-1-3-6-15/h1-8,16-17,20H,9-14,25H2/t16?,17?,20-/m0/s1. The lowest BCUT2D eigenvalue weighted by Crippen LogP contribution is -2.34. The monoisotopic (exact) mass is 401 g/mol. The third-order valence-corrected chi connectivity index (χ3v) is 6.32. The van der Waals surface area contributed by atoms with Crippen LogP contribution >= 0.6 is 11.6 Å². The largest absolute Gasteiger partial charge is 0.338 e. The van der Waals surface area contributed by atoms with Gasteiger partial charge in [0.15, 0.2) is 0 Å². The number of amides is 1. The lowest BCUT2D eigenvalue weighted by molar-refractivity contribution is 0.0769. The van der Waals surface area contributed by atoms with Crippen molar-refractivity contribution in [2.75, 3.05) is 32.7 Å². The molecule has 2 aromatic rings. The molecule has 0 radical (unpaired) electrons. The topological polar surface area (TPSA) is 49.6 Å². The molecule has 0 saturated carbocycles. The van der Waals surface area contributed by atoms with Crippen molar-refractivity contribution in [3.63, 3.8) is 0 Å². The molecule has 0 spiro atoms. The Labute approximate surface area is 170 Å². The highest BCUT2D eigenvalue weighted by atomic mass is 35.5. The maximum Gasteiger partial charge on any atom is 0.258 e. The first-order chi connectivity index (χ1) is 13.5. The van der Waals surface area contributed by atoms with E-state index in [1.165, 1.54) is 17.7 Å². The van der Waals surface area contributed by atoms with Gasteiger partial charge in [0, 0.05) is 32.2 Å². The van der Waals surface area contributed by atoms with E-state index in [0.29, 0.717) is 24.9 Å². The van der Waals surface area contributed by atoms with Crippen molar-refractivity contribution in [1.82, 2.24) is 9.80 Å². The Balaban J connectivity index is 1.31. The van der Waals surface area contributed by atoms with Crippen LogP contribution in [-0.2, 0) is 0 Å². The van der Waals surface area contributed by atoms with Crippen LogP contribution in [-0.4, -0.2) is 48.4 Å². The molecule has 2 heterocycles. The van der Waals surface area contributed by atoms with E-state index >= 15 is 0 Å². The van der Waals surface area contributed by atoms with E-state index in [9.17, 15) is 9.18 Å². The van der Waals surface area contributed by atoms with Crippen molar-refractivity contribution in [2.45, 2.75) is 12.5 Å². The van der Waals surface area contributed by atoms with Crippen LogP contribution in [0.15, 0.2) is 48.5 Å². The average molecular weight is 402 g/mol. The smallest absolute Gasteiger partial charge is 0.258 e. The highest BCUT2D eigenvalue weighted by Crippen LogP contribution is 2.33. The van der Waals surface area contributed by atoms with Crippen molar-refractivity contribution in [2.24, 2.45) is 17.6 Å². The Morgan fingerprint density at radius 1 is 1.07 bits per heavy atom. The van der Waals surface area contributed by atoms with E-state index in [0.717, 1.165) is 26.1 Å². The van der Waals surface area contributed by atoms with E-state index < -0.39 is 5.82 Å². The van der Waals surface area contributed by atoms with Crippen molar-refractivity contribution in [1.29, 1.82) is 0 Å². The summed E-state index contributed by atoms with van der Waals surface area (Å²) in [6, 6.07) is 14.6. The predicted molar refractivity (Wildman–Crippen MR) is 109 cm³/mol. The molecular weight excluding hydrogens is 377 g/mol. The molecule has 1 amide bonds. The summed E-state index contributed by atoms with van der Waals surface area (Å²) in [6.45, 7) is 4.20. The minimum atomic E-state index is -0.550. The van der Waals surface area contributed by atoms with Crippen molar-refractivity contribution in [3.8, 4) is 0 Å².